The molecule has 0 saturated heterocycles. The van der Waals surface area contributed by atoms with E-state index in [1.54, 1.807) is 0 Å². The minimum Gasteiger partial charge on any atom is -0.494 e. The number of benzene rings is 1. The highest BCUT2D eigenvalue weighted by atomic mass is 16.5. The van der Waals surface area contributed by atoms with Gasteiger partial charge in [-0.25, -0.2) is 0 Å². The summed E-state index contributed by atoms with van der Waals surface area (Å²) in [5.74, 6) is 1.58. The molecule has 0 bridgehead atoms. The first kappa shape index (κ1) is 10.3. The molecule has 1 aromatic rings. The molecule has 1 aliphatic heterocycles. The van der Waals surface area contributed by atoms with Gasteiger partial charge in [-0.1, -0.05) is 13.3 Å². The Bertz CT molecular complexity index is 336. The summed E-state index contributed by atoms with van der Waals surface area (Å²) in [5, 5.41) is 9.60. The van der Waals surface area contributed by atoms with Crippen molar-refractivity contribution in [3.05, 3.63) is 23.8 Å². The Balaban J connectivity index is 2.05. The van der Waals surface area contributed by atoms with Gasteiger partial charge in [-0.3, -0.25) is 0 Å². The van der Waals surface area contributed by atoms with Crippen molar-refractivity contribution in [3.8, 4) is 11.5 Å². The molecule has 3 heteroatoms. The molecule has 1 heterocycles. The van der Waals surface area contributed by atoms with Gasteiger partial charge in [0.2, 0.25) is 0 Å². The topological polar surface area (TPSA) is 38.7 Å². The summed E-state index contributed by atoms with van der Waals surface area (Å²) in [6, 6.07) is 5.60. The fourth-order valence-electron chi connectivity index (χ4n) is 1.60. The molecule has 82 valence electrons. The predicted octanol–water partition coefficient (Wildman–Crippen LogP) is 2.29. The van der Waals surface area contributed by atoms with E-state index in [9.17, 15) is 5.11 Å². The van der Waals surface area contributed by atoms with Crippen LogP contribution >= 0.6 is 0 Å². The highest BCUT2D eigenvalue weighted by molar-refractivity contribution is 5.43. The maximum atomic E-state index is 9.60. The molecule has 1 unspecified atom stereocenters. The van der Waals surface area contributed by atoms with Crippen LogP contribution in [0.4, 0.5) is 0 Å². The Labute approximate surface area is 89.6 Å². The van der Waals surface area contributed by atoms with Crippen LogP contribution in [-0.2, 0) is 0 Å². The van der Waals surface area contributed by atoms with Gasteiger partial charge in [0.15, 0.2) is 0 Å². The molecular formula is C12H16O3. The molecule has 0 radical (unpaired) electrons. The van der Waals surface area contributed by atoms with Crippen molar-refractivity contribution in [1.29, 1.82) is 0 Å². The zero-order chi connectivity index (χ0) is 10.7. The Morgan fingerprint density at radius 3 is 3.20 bits per heavy atom. The van der Waals surface area contributed by atoms with Crippen LogP contribution in [0.5, 0.6) is 11.5 Å². The number of rotatable bonds is 4. The molecule has 0 saturated carbocycles. The summed E-state index contributed by atoms with van der Waals surface area (Å²) in [6.07, 6.45) is 1.67. The van der Waals surface area contributed by atoms with E-state index in [1.165, 1.54) is 0 Å². The average Bonchev–Trinajstić information content (AvgIpc) is 2.61. The van der Waals surface area contributed by atoms with Crippen molar-refractivity contribution in [1.82, 2.24) is 0 Å². The summed E-state index contributed by atoms with van der Waals surface area (Å²) in [4.78, 5) is 0. The molecule has 3 nitrogen and oxygen atoms in total. The predicted molar refractivity (Wildman–Crippen MR) is 57.3 cm³/mol. The normalized spacial score (nSPS) is 18.4. The van der Waals surface area contributed by atoms with Gasteiger partial charge in [0.05, 0.1) is 6.61 Å². The van der Waals surface area contributed by atoms with Crippen molar-refractivity contribution < 1.29 is 14.6 Å². The average molecular weight is 208 g/mol. The molecule has 1 aromatic carbocycles. The van der Waals surface area contributed by atoms with Crippen molar-refractivity contribution in [2.24, 2.45) is 0 Å². The second kappa shape index (κ2) is 4.53. The molecule has 0 aliphatic carbocycles. The van der Waals surface area contributed by atoms with Gasteiger partial charge in [0.25, 0.3) is 0 Å². The fraction of sp³-hybridized carbons (Fsp3) is 0.500. The zero-order valence-electron chi connectivity index (χ0n) is 8.90. The first-order valence-electron chi connectivity index (χ1n) is 5.39. The van der Waals surface area contributed by atoms with E-state index >= 15 is 0 Å². The fourth-order valence-corrected chi connectivity index (χ4v) is 1.60. The third kappa shape index (κ3) is 2.23. The number of hydrogen-bond donors (Lipinski definition) is 1. The van der Waals surface area contributed by atoms with Crippen LogP contribution in [0.2, 0.25) is 0 Å². The lowest BCUT2D eigenvalue weighted by Gasteiger charge is -2.07. The van der Waals surface area contributed by atoms with Gasteiger partial charge in [0.1, 0.15) is 24.2 Å². The number of aliphatic hydroxyl groups excluding tert-OH is 1. The van der Waals surface area contributed by atoms with Crippen LogP contribution in [0.1, 0.15) is 31.4 Å². The van der Waals surface area contributed by atoms with Crippen LogP contribution in [0, 0.1) is 0 Å². The summed E-state index contributed by atoms with van der Waals surface area (Å²) < 4.78 is 10.8. The third-order valence-electron chi connectivity index (χ3n) is 2.50. The van der Waals surface area contributed by atoms with Crippen LogP contribution in [-0.4, -0.2) is 18.3 Å². The molecule has 1 aliphatic rings. The van der Waals surface area contributed by atoms with Gasteiger partial charge in [-0.15, -0.1) is 0 Å². The second-order valence-corrected chi connectivity index (χ2v) is 3.73. The smallest absolute Gasteiger partial charge is 0.125 e. The number of aliphatic hydroxyl groups is 1. The van der Waals surface area contributed by atoms with E-state index in [0.717, 1.165) is 36.5 Å². The van der Waals surface area contributed by atoms with Crippen LogP contribution < -0.4 is 9.47 Å². The summed E-state index contributed by atoms with van der Waals surface area (Å²) in [6.45, 7) is 3.21. The summed E-state index contributed by atoms with van der Waals surface area (Å²) >= 11 is 0. The molecule has 0 amide bonds. The molecule has 0 spiro atoms. The lowest BCUT2D eigenvalue weighted by Crippen LogP contribution is -1.99. The van der Waals surface area contributed by atoms with Gasteiger partial charge in [-0.2, -0.15) is 0 Å². The maximum absolute atomic E-state index is 9.60. The quantitative estimate of drug-likeness (QED) is 0.771. The summed E-state index contributed by atoms with van der Waals surface area (Å²) in [5.41, 5.74) is 0.837. The Morgan fingerprint density at radius 2 is 2.40 bits per heavy atom. The number of ether oxygens (including phenoxy) is 2. The lowest BCUT2D eigenvalue weighted by molar-refractivity contribution is 0.140. The zero-order valence-corrected chi connectivity index (χ0v) is 8.90. The maximum Gasteiger partial charge on any atom is 0.125 e. The van der Waals surface area contributed by atoms with Crippen molar-refractivity contribution >= 4 is 0 Å². The number of unbranched alkanes of at least 4 members (excludes halogenated alkanes) is 1. The highest BCUT2D eigenvalue weighted by Crippen LogP contribution is 2.34. The van der Waals surface area contributed by atoms with Crippen LogP contribution in [0.3, 0.4) is 0 Å². The van der Waals surface area contributed by atoms with E-state index < -0.39 is 6.10 Å². The highest BCUT2D eigenvalue weighted by Gasteiger charge is 2.22. The Kier molecular flexibility index (Phi) is 3.11. The molecule has 15 heavy (non-hydrogen) atoms. The van der Waals surface area contributed by atoms with E-state index in [0.29, 0.717) is 6.61 Å². The van der Waals surface area contributed by atoms with Gasteiger partial charge < -0.3 is 14.6 Å². The van der Waals surface area contributed by atoms with E-state index in [4.69, 9.17) is 9.47 Å². The number of fused-ring (bicyclic) bond motifs is 1. The monoisotopic (exact) mass is 208 g/mol. The van der Waals surface area contributed by atoms with Crippen LogP contribution in [0.15, 0.2) is 18.2 Å². The molecular weight excluding hydrogens is 192 g/mol. The van der Waals surface area contributed by atoms with Crippen molar-refractivity contribution in [2.45, 2.75) is 25.9 Å². The first-order chi connectivity index (χ1) is 7.31. The van der Waals surface area contributed by atoms with Crippen LogP contribution in [0.25, 0.3) is 0 Å². The van der Waals surface area contributed by atoms with Gasteiger partial charge in [0, 0.05) is 5.56 Å². The third-order valence-corrected chi connectivity index (χ3v) is 2.50. The molecule has 0 aromatic heterocycles. The van der Waals surface area contributed by atoms with Gasteiger partial charge >= 0.3 is 0 Å². The first-order valence-corrected chi connectivity index (χ1v) is 5.39. The van der Waals surface area contributed by atoms with Gasteiger partial charge in [-0.05, 0) is 24.6 Å². The Hall–Kier alpha value is -1.22. The molecule has 0 fully saturated rings. The van der Waals surface area contributed by atoms with E-state index in [2.05, 4.69) is 6.92 Å². The largest absolute Gasteiger partial charge is 0.494 e. The standard InChI is InChI=1S/C12H16O3/c1-2-3-6-14-9-4-5-12-10(7-9)11(13)8-15-12/h4-5,7,11,13H,2-3,6,8H2,1H3. The number of hydrogen-bond acceptors (Lipinski definition) is 3. The molecule has 1 N–H and O–H groups in total. The Morgan fingerprint density at radius 1 is 1.53 bits per heavy atom. The SMILES string of the molecule is CCCCOc1ccc2c(c1)C(O)CO2. The van der Waals surface area contributed by atoms with E-state index in [1.807, 2.05) is 18.2 Å². The summed E-state index contributed by atoms with van der Waals surface area (Å²) in [7, 11) is 0. The minimum absolute atomic E-state index is 0.355. The van der Waals surface area contributed by atoms with E-state index in [-0.39, 0.29) is 0 Å². The molecule has 1 atom stereocenters. The minimum atomic E-state index is -0.505. The van der Waals surface area contributed by atoms with Crippen molar-refractivity contribution in [3.63, 3.8) is 0 Å². The lowest BCUT2D eigenvalue weighted by atomic mass is 10.1. The second-order valence-electron chi connectivity index (χ2n) is 3.73. The van der Waals surface area contributed by atoms with Crippen molar-refractivity contribution in [2.75, 3.05) is 13.2 Å². The molecule has 2 rings (SSSR count).